The van der Waals surface area contributed by atoms with E-state index in [9.17, 15) is 18.9 Å². The summed E-state index contributed by atoms with van der Waals surface area (Å²) < 4.78 is 34.5. The summed E-state index contributed by atoms with van der Waals surface area (Å²) in [7, 11) is -1.79. The van der Waals surface area contributed by atoms with Crippen molar-refractivity contribution >= 4 is 39.0 Å². The van der Waals surface area contributed by atoms with Crippen molar-refractivity contribution in [3.8, 4) is 5.75 Å². The quantitative estimate of drug-likeness (QED) is 0.341. The van der Waals surface area contributed by atoms with Crippen LogP contribution in [0.1, 0.15) is 87.2 Å². The van der Waals surface area contributed by atoms with E-state index in [1.54, 1.807) is 27.0 Å². The zero-order chi connectivity index (χ0) is 35.4. The Hall–Kier alpha value is -2.92. The van der Waals surface area contributed by atoms with E-state index in [0.29, 0.717) is 42.7 Å². The number of hydrogen-bond acceptors (Lipinski definition) is 7. The zero-order valence-electron chi connectivity index (χ0n) is 29.5. The molecule has 2 aromatic carbocycles. The Kier molecular flexibility index (Phi) is 9.63. The molecule has 1 spiro atoms. The van der Waals surface area contributed by atoms with Crippen molar-refractivity contribution < 1.29 is 28.4 Å². The number of aliphatic hydroxyl groups is 1. The van der Waals surface area contributed by atoms with Crippen LogP contribution in [0.15, 0.2) is 52.9 Å². The van der Waals surface area contributed by atoms with Gasteiger partial charge in [-0.1, -0.05) is 36.7 Å². The third kappa shape index (κ3) is 6.73. The van der Waals surface area contributed by atoms with E-state index >= 15 is 0 Å². The summed E-state index contributed by atoms with van der Waals surface area (Å²) in [5.41, 5.74) is 2.46. The van der Waals surface area contributed by atoms with E-state index in [1.807, 2.05) is 25.1 Å². The Labute approximate surface area is 301 Å². The molecule has 7 rings (SSSR count). The van der Waals surface area contributed by atoms with Crippen molar-refractivity contribution in [3.63, 3.8) is 0 Å². The van der Waals surface area contributed by atoms with Gasteiger partial charge in [0.15, 0.2) is 0 Å². The first-order valence-electron chi connectivity index (χ1n) is 18.1. The van der Waals surface area contributed by atoms with Crippen LogP contribution in [0.5, 0.6) is 5.75 Å². The molecule has 7 atom stereocenters. The van der Waals surface area contributed by atoms with Crippen molar-refractivity contribution in [1.29, 1.82) is 0 Å². The third-order valence-corrected chi connectivity index (χ3v) is 14.9. The number of allylic oxidation sites excluding steroid dienone is 1. The molecule has 2 aliphatic heterocycles. The predicted octanol–water partition coefficient (Wildman–Crippen LogP) is 6.64. The maximum absolute atomic E-state index is 14.7. The Bertz CT molecular complexity index is 1810. The lowest BCUT2D eigenvalue weighted by Gasteiger charge is -2.46. The highest BCUT2D eigenvalue weighted by molar-refractivity contribution is 7.93. The van der Waals surface area contributed by atoms with Gasteiger partial charge in [0, 0.05) is 42.1 Å². The lowest BCUT2D eigenvalue weighted by Crippen LogP contribution is -2.51. The van der Waals surface area contributed by atoms with Crippen LogP contribution in [-0.4, -0.2) is 64.9 Å². The van der Waals surface area contributed by atoms with Crippen molar-refractivity contribution in [2.45, 2.75) is 94.5 Å². The smallest absolute Gasteiger partial charge is 0.286 e. The highest BCUT2D eigenvalue weighted by Gasteiger charge is 2.46. The number of carbonyl (C=O) groups is 2. The van der Waals surface area contributed by atoms with E-state index < -0.39 is 38.5 Å². The van der Waals surface area contributed by atoms with Gasteiger partial charge in [-0.3, -0.25) is 14.3 Å². The minimum atomic E-state index is -3.56. The molecule has 2 fully saturated rings. The SMILES string of the molecule is CO[C@H]1/C=C\C[C@H](C)[C@@H](C)S(=O)(NC(=O)C2CC(C)(O)C2)=NC(=O)c2ccc3c(c2)N(C[C@@H]2CC[C@H]21)C[C@@]1(CCCc2cc(Cl)ccc21)CO3. The van der Waals surface area contributed by atoms with Crippen LogP contribution in [0.4, 0.5) is 5.69 Å². The Balaban J connectivity index is 1.30. The maximum atomic E-state index is 14.7. The summed E-state index contributed by atoms with van der Waals surface area (Å²) >= 11 is 6.45. The first-order chi connectivity index (χ1) is 23.8. The van der Waals surface area contributed by atoms with Crippen LogP contribution in [0.25, 0.3) is 0 Å². The molecule has 5 aliphatic rings. The Morgan fingerprint density at radius 3 is 2.70 bits per heavy atom. The Morgan fingerprint density at radius 1 is 1.18 bits per heavy atom. The van der Waals surface area contributed by atoms with Crippen molar-refractivity contribution in [3.05, 3.63) is 70.3 Å². The van der Waals surface area contributed by atoms with Gasteiger partial charge in [-0.25, -0.2) is 4.21 Å². The summed E-state index contributed by atoms with van der Waals surface area (Å²) in [5.74, 6) is -0.316. The minimum Gasteiger partial charge on any atom is -0.490 e. The number of nitrogens with one attached hydrogen (secondary N) is 1. The van der Waals surface area contributed by atoms with Gasteiger partial charge >= 0.3 is 0 Å². The zero-order valence-corrected chi connectivity index (χ0v) is 31.1. The molecule has 50 heavy (non-hydrogen) atoms. The van der Waals surface area contributed by atoms with Gasteiger partial charge in [-0.05, 0) is 124 Å². The van der Waals surface area contributed by atoms with Crippen molar-refractivity contribution in [2.24, 2.45) is 28.0 Å². The molecular weight excluding hydrogens is 674 g/mol. The monoisotopic (exact) mass is 723 g/mol. The molecule has 2 heterocycles. The summed E-state index contributed by atoms with van der Waals surface area (Å²) in [6, 6.07) is 11.6. The highest BCUT2D eigenvalue weighted by atomic mass is 35.5. The van der Waals surface area contributed by atoms with Crippen molar-refractivity contribution in [2.75, 3.05) is 31.7 Å². The van der Waals surface area contributed by atoms with Gasteiger partial charge in [-0.2, -0.15) is 0 Å². The van der Waals surface area contributed by atoms with Gasteiger partial charge in [0.05, 0.1) is 29.2 Å². The van der Waals surface area contributed by atoms with Gasteiger partial charge in [0.1, 0.15) is 15.7 Å². The lowest BCUT2D eigenvalue weighted by molar-refractivity contribution is -0.137. The molecule has 2 aromatic rings. The van der Waals surface area contributed by atoms with Gasteiger partial charge in [0.25, 0.3) is 5.91 Å². The highest BCUT2D eigenvalue weighted by Crippen LogP contribution is 2.47. The Morgan fingerprint density at radius 2 is 1.98 bits per heavy atom. The average Bonchev–Trinajstić information content (AvgIpc) is 3.20. The van der Waals surface area contributed by atoms with Crippen LogP contribution in [0, 0.1) is 23.7 Å². The summed E-state index contributed by atoms with van der Waals surface area (Å²) in [6.45, 7) is 7.43. The number of ether oxygens (including phenoxy) is 2. The largest absolute Gasteiger partial charge is 0.490 e. The van der Waals surface area contributed by atoms with Crippen LogP contribution in [-0.2, 0) is 31.3 Å². The minimum absolute atomic E-state index is 0.0635. The standard InChI is InChI=1S/C39H50ClN3O6S/c1-24-7-5-9-34(48-4)31-13-10-28(31)21-43-22-39(16-6-8-26-17-30(40)12-14-32(26)39)23-49-35-15-11-27(18-33(35)43)36(44)41-50(47,25(24)2)42-37(45)29-19-38(3,46)20-29/h5,9,11-12,14-15,17-18,24-25,28-29,31,34,46H,6-8,10,13,16,19-23H2,1-4H3,(H,41,42,44,45,47)/b9-5-/t24-,25+,28-,29?,31+,34-,38?,39-,50?/m0/s1. The topological polar surface area (TPSA) is 118 Å². The number of carbonyl (C=O) groups excluding carboxylic acids is 2. The normalized spacial score (nSPS) is 37.5. The molecule has 0 saturated heterocycles. The van der Waals surface area contributed by atoms with Gasteiger partial charge < -0.3 is 19.5 Å². The fourth-order valence-electron chi connectivity index (χ4n) is 8.90. The predicted molar refractivity (Wildman–Crippen MR) is 196 cm³/mol. The fraction of sp³-hybridized carbons (Fsp3) is 0.590. The number of nitrogens with zero attached hydrogens (tertiary/aromatic N) is 2. The van der Waals surface area contributed by atoms with Crippen molar-refractivity contribution in [1.82, 2.24) is 4.72 Å². The number of methoxy groups -OCH3 is 1. The van der Waals surface area contributed by atoms with Crippen LogP contribution in [0.2, 0.25) is 5.02 Å². The molecule has 2 N–H and O–H groups in total. The first-order valence-corrected chi connectivity index (χ1v) is 20.1. The second-order valence-corrected chi connectivity index (χ2v) is 18.6. The second-order valence-electron chi connectivity index (χ2n) is 15.9. The second kappa shape index (κ2) is 13.6. The number of anilines is 1. The summed E-state index contributed by atoms with van der Waals surface area (Å²) in [4.78, 5) is 29.8. The molecule has 2 saturated carbocycles. The van der Waals surface area contributed by atoms with Gasteiger partial charge in [0.2, 0.25) is 5.91 Å². The molecule has 2 amide bonds. The lowest BCUT2D eigenvalue weighted by atomic mass is 9.68. The van der Waals surface area contributed by atoms with E-state index in [-0.39, 0.29) is 30.3 Å². The number of fused-ring (bicyclic) bond motifs is 4. The maximum Gasteiger partial charge on any atom is 0.286 e. The van der Waals surface area contributed by atoms with Crippen LogP contribution in [0.3, 0.4) is 0 Å². The summed E-state index contributed by atoms with van der Waals surface area (Å²) in [5, 5.41) is 10.4. The molecule has 3 aliphatic carbocycles. The molecule has 9 nitrogen and oxygen atoms in total. The van der Waals surface area contributed by atoms with E-state index in [2.05, 4.69) is 38.3 Å². The number of aryl methyl sites for hydroxylation is 1. The molecule has 11 heteroatoms. The molecule has 1 unspecified atom stereocenters. The van der Waals surface area contributed by atoms with Crippen LogP contribution < -0.4 is 14.4 Å². The number of amides is 2. The van der Waals surface area contributed by atoms with E-state index in [4.69, 9.17) is 21.1 Å². The number of rotatable bonds is 3. The number of halogens is 1. The van der Waals surface area contributed by atoms with E-state index in [0.717, 1.165) is 49.4 Å². The van der Waals surface area contributed by atoms with Crippen LogP contribution >= 0.6 is 11.6 Å². The molecular formula is C39H50ClN3O6S. The van der Waals surface area contributed by atoms with Gasteiger partial charge in [-0.15, -0.1) is 4.36 Å². The summed E-state index contributed by atoms with van der Waals surface area (Å²) in [6.07, 6.45) is 10.4. The molecule has 0 aromatic heterocycles. The number of benzene rings is 2. The fourth-order valence-corrected chi connectivity index (χ4v) is 11.0. The molecule has 2 bridgehead atoms. The first kappa shape index (κ1) is 35.5. The number of hydrogen-bond donors (Lipinski definition) is 2. The molecule has 270 valence electrons. The van der Waals surface area contributed by atoms with E-state index in [1.165, 1.54) is 11.1 Å². The average molecular weight is 724 g/mol. The third-order valence-electron chi connectivity index (χ3n) is 12.3. The molecule has 0 radical (unpaired) electrons.